The average molecular weight is 393 g/mol. The Morgan fingerprint density at radius 2 is 1.88 bits per heavy atom. The van der Waals surface area contributed by atoms with E-state index in [1.807, 2.05) is 6.20 Å². The summed E-state index contributed by atoms with van der Waals surface area (Å²) in [4.78, 5) is 10.5. The Labute approximate surface area is 158 Å². The zero-order valence-electron chi connectivity index (χ0n) is 13.4. The molecule has 1 aromatic carbocycles. The Hall–Kier alpha value is -2.91. The summed E-state index contributed by atoms with van der Waals surface area (Å²) in [5, 5.41) is 8.77. The van der Waals surface area contributed by atoms with Crippen LogP contribution in [0.2, 0.25) is 10.0 Å². The summed E-state index contributed by atoms with van der Waals surface area (Å²) in [6.07, 6.45) is 4.07. The molecule has 1 aliphatic rings. The van der Waals surface area contributed by atoms with Crippen molar-refractivity contribution < 1.29 is 4.63 Å². The zero-order chi connectivity index (χ0) is 18.3. The maximum absolute atomic E-state index is 6.29. The van der Waals surface area contributed by atoms with Gasteiger partial charge in [0.2, 0.25) is 11.6 Å². The largest absolute Gasteiger partial charge is 0.382 e. The molecule has 0 unspecified atom stereocenters. The number of aromatic nitrogens is 4. The van der Waals surface area contributed by atoms with Crippen LogP contribution in [0.25, 0.3) is 0 Å². The number of halogens is 2. The molecule has 26 heavy (non-hydrogen) atoms. The quantitative estimate of drug-likeness (QED) is 0.617. The summed E-state index contributed by atoms with van der Waals surface area (Å²) in [6.45, 7) is 0.508. The van der Waals surface area contributed by atoms with Gasteiger partial charge in [0.1, 0.15) is 5.82 Å². The molecule has 134 valence electrons. The van der Waals surface area contributed by atoms with E-state index in [1.54, 1.807) is 34.3 Å². The molecule has 0 fully saturated rings. The van der Waals surface area contributed by atoms with Gasteiger partial charge in [-0.15, -0.1) is 0 Å². The summed E-state index contributed by atoms with van der Waals surface area (Å²) in [5.41, 5.74) is 14.1. The van der Waals surface area contributed by atoms with Crippen LogP contribution in [0, 0.1) is 0 Å². The minimum Gasteiger partial charge on any atom is -0.382 e. The third-order valence-electron chi connectivity index (χ3n) is 4.02. The van der Waals surface area contributed by atoms with E-state index in [0.29, 0.717) is 46.2 Å². The maximum atomic E-state index is 6.29. The van der Waals surface area contributed by atoms with Crippen LogP contribution in [0.4, 0.5) is 17.3 Å². The molecule has 0 amide bonds. The second-order valence-corrected chi connectivity index (χ2v) is 6.39. The van der Waals surface area contributed by atoms with Crippen molar-refractivity contribution in [2.75, 3.05) is 16.3 Å². The van der Waals surface area contributed by atoms with Crippen LogP contribution < -0.4 is 21.3 Å². The van der Waals surface area contributed by atoms with Crippen molar-refractivity contribution in [2.24, 2.45) is 11.5 Å². The summed E-state index contributed by atoms with van der Waals surface area (Å²) in [7, 11) is 0. The van der Waals surface area contributed by atoms with Gasteiger partial charge in [0.05, 0.1) is 27.8 Å². The lowest BCUT2D eigenvalue weighted by Gasteiger charge is -2.34. The molecule has 0 bridgehead atoms. The van der Waals surface area contributed by atoms with Gasteiger partial charge in [-0.05, 0) is 28.5 Å². The van der Waals surface area contributed by atoms with Crippen molar-refractivity contribution in [3.63, 3.8) is 0 Å². The molecule has 3 aromatic rings. The lowest BCUT2D eigenvalue weighted by Crippen LogP contribution is -2.42. The molecule has 0 saturated heterocycles. The number of nitrogens with zero attached hydrogens (tertiary/aromatic N) is 5. The summed E-state index contributed by atoms with van der Waals surface area (Å²) in [5.74, 6) is 1.49. The van der Waals surface area contributed by atoms with Gasteiger partial charge < -0.3 is 21.4 Å². The molecule has 0 radical (unpaired) electrons. The van der Waals surface area contributed by atoms with E-state index in [2.05, 4.69) is 20.3 Å². The summed E-state index contributed by atoms with van der Waals surface area (Å²) < 4.78 is 4.94. The number of H-pyrrole nitrogens is 1. The van der Waals surface area contributed by atoms with E-state index in [9.17, 15) is 0 Å². The van der Waals surface area contributed by atoms with Crippen molar-refractivity contribution in [1.29, 1.82) is 0 Å². The van der Waals surface area contributed by atoms with Crippen molar-refractivity contribution in [2.45, 2.75) is 6.42 Å². The number of fused-ring (bicyclic) bond motifs is 1. The monoisotopic (exact) mass is 392 g/mol. The Kier molecular flexibility index (Phi) is 4.09. The van der Waals surface area contributed by atoms with E-state index >= 15 is 0 Å². The summed E-state index contributed by atoms with van der Waals surface area (Å²) in [6, 6.07) is 5.09. The number of aromatic amines is 1. The molecular formula is C15H14Cl2N8O. The van der Waals surface area contributed by atoms with Crippen molar-refractivity contribution >= 4 is 40.5 Å². The van der Waals surface area contributed by atoms with Crippen molar-refractivity contribution in [1.82, 2.24) is 20.3 Å². The molecule has 11 heteroatoms. The highest BCUT2D eigenvalue weighted by Gasteiger charge is 2.34. The molecule has 2 aromatic heterocycles. The molecule has 0 spiro atoms. The second kappa shape index (κ2) is 6.43. The normalized spacial score (nSPS) is 14.1. The Balaban J connectivity index is 1.71. The first-order chi connectivity index (χ1) is 12.6. The van der Waals surface area contributed by atoms with Crippen LogP contribution in [-0.2, 0) is 6.42 Å². The topological polar surface area (TPSA) is 126 Å². The van der Waals surface area contributed by atoms with E-state index in [1.165, 1.54) is 0 Å². The highest BCUT2D eigenvalue weighted by atomic mass is 35.5. The Bertz CT molecular complexity index is 968. The van der Waals surface area contributed by atoms with Crippen LogP contribution >= 0.6 is 23.2 Å². The number of nitrogens with one attached hydrogen (secondary N) is 1. The van der Waals surface area contributed by atoms with Crippen molar-refractivity contribution in [3.8, 4) is 0 Å². The average Bonchev–Trinajstić information content (AvgIpc) is 3.30. The fourth-order valence-corrected chi connectivity index (χ4v) is 3.03. The summed E-state index contributed by atoms with van der Waals surface area (Å²) >= 11 is 12.1. The van der Waals surface area contributed by atoms with E-state index in [4.69, 9.17) is 39.3 Å². The third kappa shape index (κ3) is 2.71. The van der Waals surface area contributed by atoms with Gasteiger partial charge in [0.15, 0.2) is 5.82 Å². The number of anilines is 3. The van der Waals surface area contributed by atoms with Gasteiger partial charge in [-0.1, -0.05) is 23.2 Å². The molecule has 4 rings (SSSR count). The van der Waals surface area contributed by atoms with Gasteiger partial charge in [-0.25, -0.2) is 9.61 Å². The highest BCUT2D eigenvalue weighted by molar-refractivity contribution is 6.42. The van der Waals surface area contributed by atoms with Crippen molar-refractivity contribution in [3.05, 3.63) is 58.1 Å². The lowest BCUT2D eigenvalue weighted by molar-refractivity contribution is 0.309. The predicted octanol–water partition coefficient (Wildman–Crippen LogP) is 2.34. The number of imidazole rings is 1. The zero-order valence-corrected chi connectivity index (χ0v) is 14.9. The molecule has 3 heterocycles. The second-order valence-electron chi connectivity index (χ2n) is 5.58. The SMILES string of the molecule is NC1=C(N)N(c2ccc(Cl)c(Cl)c2)c2nonc2N1CCc1c[nH]cn1. The van der Waals surface area contributed by atoms with Crippen LogP contribution in [0.15, 0.2) is 47.0 Å². The standard InChI is InChI=1S/C15H14Cl2N8O/c16-10-2-1-9(5-11(10)17)25-13(19)12(18)24(14-15(25)23-26-22-14)4-3-8-6-20-7-21-8/h1-2,5-7H,3-4,18-19H2,(H,20,21). The molecule has 0 atom stereocenters. The van der Waals surface area contributed by atoms with Crippen LogP contribution in [0.1, 0.15) is 5.69 Å². The number of hydrogen-bond donors (Lipinski definition) is 3. The first kappa shape index (κ1) is 16.6. The van der Waals surface area contributed by atoms with E-state index < -0.39 is 0 Å². The molecule has 1 aliphatic heterocycles. The number of benzene rings is 1. The van der Waals surface area contributed by atoms with Crippen LogP contribution in [0.5, 0.6) is 0 Å². The van der Waals surface area contributed by atoms with E-state index in [0.717, 1.165) is 5.69 Å². The fraction of sp³-hybridized carbons (Fsp3) is 0.133. The van der Waals surface area contributed by atoms with Crippen LogP contribution in [0.3, 0.4) is 0 Å². The first-order valence-electron chi connectivity index (χ1n) is 7.64. The Morgan fingerprint density at radius 3 is 2.62 bits per heavy atom. The van der Waals surface area contributed by atoms with Crippen LogP contribution in [-0.4, -0.2) is 26.8 Å². The fourth-order valence-electron chi connectivity index (χ4n) is 2.74. The van der Waals surface area contributed by atoms with Gasteiger partial charge in [-0.2, -0.15) is 0 Å². The van der Waals surface area contributed by atoms with Gasteiger partial charge in [0, 0.05) is 19.2 Å². The molecule has 9 nitrogen and oxygen atoms in total. The Morgan fingerprint density at radius 1 is 1.08 bits per heavy atom. The van der Waals surface area contributed by atoms with E-state index in [-0.39, 0.29) is 5.82 Å². The number of hydrogen-bond acceptors (Lipinski definition) is 8. The number of rotatable bonds is 4. The maximum Gasteiger partial charge on any atom is 0.228 e. The molecule has 5 N–H and O–H groups in total. The molecule has 0 aliphatic carbocycles. The minimum absolute atomic E-state index is 0.286. The third-order valence-corrected chi connectivity index (χ3v) is 4.76. The predicted molar refractivity (Wildman–Crippen MR) is 97.9 cm³/mol. The van der Waals surface area contributed by atoms with Gasteiger partial charge in [-0.3, -0.25) is 4.90 Å². The molecular weight excluding hydrogens is 379 g/mol. The first-order valence-corrected chi connectivity index (χ1v) is 8.40. The number of nitrogens with two attached hydrogens (primary N) is 2. The van der Waals surface area contributed by atoms with Gasteiger partial charge in [0.25, 0.3) is 0 Å². The smallest absolute Gasteiger partial charge is 0.228 e. The highest BCUT2D eigenvalue weighted by Crippen LogP contribution is 2.40. The molecule has 0 saturated carbocycles. The minimum atomic E-state index is 0.286. The lowest BCUT2D eigenvalue weighted by atomic mass is 10.2. The van der Waals surface area contributed by atoms with Gasteiger partial charge >= 0.3 is 0 Å².